The monoisotopic (exact) mass is 313 g/mol. The van der Waals surface area contributed by atoms with Gasteiger partial charge in [0.15, 0.2) is 0 Å². The van der Waals surface area contributed by atoms with Crippen molar-refractivity contribution in [3.63, 3.8) is 0 Å². The number of carbonyl (C=O) groups excluding carboxylic acids is 1. The molecule has 98 valence electrons. The number of benzene rings is 1. The van der Waals surface area contributed by atoms with Crippen LogP contribution < -0.4 is 5.73 Å². The molecular weight excluding hydrogens is 298 g/mol. The van der Waals surface area contributed by atoms with Gasteiger partial charge in [-0.15, -0.1) is 0 Å². The third-order valence-electron chi connectivity index (χ3n) is 3.36. The second kappa shape index (κ2) is 5.52. The van der Waals surface area contributed by atoms with E-state index in [0.717, 1.165) is 10.0 Å². The molecule has 1 aromatic carbocycles. The summed E-state index contributed by atoms with van der Waals surface area (Å²) < 4.78 is 0.922. The van der Waals surface area contributed by atoms with Gasteiger partial charge in [-0.05, 0) is 30.5 Å². The standard InChI is InChI=1S/C13H16BrNO3/c1-8(9-3-5-10(14)6-4-9)13(2,12(17)18)7-11(15)16/h3-6,8H,7H2,1-2H3,(H2,15,16)(H,17,18). The molecule has 0 aromatic heterocycles. The van der Waals surface area contributed by atoms with E-state index in [0.29, 0.717) is 0 Å². The number of primary amides is 1. The van der Waals surface area contributed by atoms with E-state index in [2.05, 4.69) is 15.9 Å². The molecule has 2 unspecified atom stereocenters. The minimum Gasteiger partial charge on any atom is -0.481 e. The van der Waals surface area contributed by atoms with Crippen molar-refractivity contribution in [3.05, 3.63) is 34.3 Å². The third kappa shape index (κ3) is 3.10. The number of carboxylic acids is 1. The van der Waals surface area contributed by atoms with Gasteiger partial charge >= 0.3 is 5.97 Å². The van der Waals surface area contributed by atoms with Gasteiger partial charge in [-0.25, -0.2) is 0 Å². The van der Waals surface area contributed by atoms with Crippen molar-refractivity contribution in [2.24, 2.45) is 11.1 Å². The quantitative estimate of drug-likeness (QED) is 0.876. The number of hydrogen-bond acceptors (Lipinski definition) is 2. The Balaban J connectivity index is 3.10. The number of hydrogen-bond donors (Lipinski definition) is 2. The summed E-state index contributed by atoms with van der Waals surface area (Å²) in [4.78, 5) is 22.5. The van der Waals surface area contributed by atoms with Gasteiger partial charge in [0.1, 0.15) is 0 Å². The van der Waals surface area contributed by atoms with Gasteiger partial charge in [0.2, 0.25) is 5.91 Å². The summed E-state index contributed by atoms with van der Waals surface area (Å²) in [5.74, 6) is -1.93. The highest BCUT2D eigenvalue weighted by molar-refractivity contribution is 9.10. The fourth-order valence-electron chi connectivity index (χ4n) is 1.90. The lowest BCUT2D eigenvalue weighted by molar-refractivity contribution is -0.151. The zero-order valence-electron chi connectivity index (χ0n) is 10.3. The van der Waals surface area contributed by atoms with Crippen LogP contribution in [0.1, 0.15) is 31.7 Å². The van der Waals surface area contributed by atoms with Gasteiger partial charge in [0.25, 0.3) is 0 Å². The van der Waals surface area contributed by atoms with Crippen molar-refractivity contribution in [2.45, 2.75) is 26.2 Å². The smallest absolute Gasteiger partial charge is 0.310 e. The highest BCUT2D eigenvalue weighted by atomic mass is 79.9. The van der Waals surface area contributed by atoms with Crippen LogP contribution in [-0.2, 0) is 9.59 Å². The van der Waals surface area contributed by atoms with Crippen LogP contribution in [0.15, 0.2) is 28.7 Å². The highest BCUT2D eigenvalue weighted by Gasteiger charge is 2.41. The number of amides is 1. The summed E-state index contributed by atoms with van der Waals surface area (Å²) in [6, 6.07) is 7.38. The van der Waals surface area contributed by atoms with Crippen LogP contribution in [0.4, 0.5) is 0 Å². The van der Waals surface area contributed by atoms with Crippen LogP contribution in [0.5, 0.6) is 0 Å². The second-order valence-electron chi connectivity index (χ2n) is 4.64. The van der Waals surface area contributed by atoms with Crippen LogP contribution in [0.2, 0.25) is 0 Å². The van der Waals surface area contributed by atoms with Crippen molar-refractivity contribution in [1.82, 2.24) is 0 Å². The Morgan fingerprint density at radius 2 is 1.89 bits per heavy atom. The van der Waals surface area contributed by atoms with Gasteiger partial charge in [-0.1, -0.05) is 35.0 Å². The van der Waals surface area contributed by atoms with E-state index in [1.54, 1.807) is 13.8 Å². The van der Waals surface area contributed by atoms with E-state index >= 15 is 0 Å². The van der Waals surface area contributed by atoms with E-state index in [1.807, 2.05) is 24.3 Å². The molecule has 0 fully saturated rings. The molecule has 0 aliphatic rings. The predicted molar refractivity (Wildman–Crippen MR) is 72.1 cm³/mol. The first-order valence-electron chi connectivity index (χ1n) is 5.54. The summed E-state index contributed by atoms with van der Waals surface area (Å²) >= 11 is 3.32. The molecule has 2 atom stereocenters. The Labute approximate surface area is 114 Å². The van der Waals surface area contributed by atoms with E-state index in [-0.39, 0.29) is 12.3 Å². The van der Waals surface area contributed by atoms with Crippen LogP contribution in [0, 0.1) is 5.41 Å². The Bertz CT molecular complexity index is 458. The molecule has 0 saturated heterocycles. The molecule has 0 spiro atoms. The zero-order chi connectivity index (χ0) is 13.9. The van der Waals surface area contributed by atoms with Gasteiger partial charge in [0.05, 0.1) is 5.41 Å². The maximum atomic E-state index is 11.4. The van der Waals surface area contributed by atoms with Crippen molar-refractivity contribution in [2.75, 3.05) is 0 Å². The summed E-state index contributed by atoms with van der Waals surface area (Å²) in [6.07, 6.45) is -0.181. The summed E-state index contributed by atoms with van der Waals surface area (Å²) in [5, 5.41) is 9.35. The summed E-state index contributed by atoms with van der Waals surface area (Å²) in [5.41, 5.74) is 4.82. The minimum atomic E-state index is -1.19. The van der Waals surface area contributed by atoms with Crippen LogP contribution in [0.3, 0.4) is 0 Å². The first kappa shape index (κ1) is 14.7. The molecule has 0 radical (unpaired) electrons. The Morgan fingerprint density at radius 1 is 1.39 bits per heavy atom. The maximum absolute atomic E-state index is 11.4. The molecule has 1 amide bonds. The van der Waals surface area contributed by atoms with E-state index in [4.69, 9.17) is 5.73 Å². The topological polar surface area (TPSA) is 80.4 Å². The van der Waals surface area contributed by atoms with Gasteiger partial charge in [-0.2, -0.15) is 0 Å². The number of halogens is 1. The minimum absolute atomic E-state index is 0.181. The number of aliphatic carboxylic acids is 1. The SMILES string of the molecule is CC(c1ccc(Br)cc1)C(C)(CC(N)=O)C(=O)O. The Hall–Kier alpha value is -1.36. The molecule has 18 heavy (non-hydrogen) atoms. The van der Waals surface area contributed by atoms with Crippen molar-refractivity contribution in [3.8, 4) is 0 Å². The summed E-state index contributed by atoms with van der Waals surface area (Å²) in [6.45, 7) is 3.34. The Kier molecular flexibility index (Phi) is 4.51. The lowest BCUT2D eigenvalue weighted by Gasteiger charge is -2.30. The number of carbonyl (C=O) groups is 2. The molecule has 0 aliphatic heterocycles. The molecule has 4 nitrogen and oxygen atoms in total. The van der Waals surface area contributed by atoms with Crippen LogP contribution >= 0.6 is 15.9 Å². The van der Waals surface area contributed by atoms with Gasteiger partial charge in [0, 0.05) is 10.9 Å². The van der Waals surface area contributed by atoms with Crippen molar-refractivity contribution >= 4 is 27.8 Å². The zero-order valence-corrected chi connectivity index (χ0v) is 11.9. The van der Waals surface area contributed by atoms with Crippen molar-refractivity contribution < 1.29 is 14.7 Å². The molecule has 0 heterocycles. The highest BCUT2D eigenvalue weighted by Crippen LogP contribution is 2.39. The third-order valence-corrected chi connectivity index (χ3v) is 3.88. The fraction of sp³-hybridized carbons (Fsp3) is 0.385. The fourth-order valence-corrected chi connectivity index (χ4v) is 2.16. The molecule has 0 bridgehead atoms. The summed E-state index contributed by atoms with van der Waals surface area (Å²) in [7, 11) is 0. The average molecular weight is 314 g/mol. The molecular formula is C13H16BrNO3. The second-order valence-corrected chi connectivity index (χ2v) is 5.55. The number of nitrogens with two attached hydrogens (primary N) is 1. The Morgan fingerprint density at radius 3 is 2.28 bits per heavy atom. The average Bonchev–Trinajstić information content (AvgIpc) is 2.27. The number of rotatable bonds is 5. The number of carboxylic acid groups (broad SMARTS) is 1. The predicted octanol–water partition coefficient (Wildman–Crippen LogP) is 2.52. The lowest BCUT2D eigenvalue weighted by atomic mass is 9.72. The first-order chi connectivity index (χ1) is 8.27. The van der Waals surface area contributed by atoms with E-state index < -0.39 is 17.3 Å². The van der Waals surface area contributed by atoms with Crippen molar-refractivity contribution in [1.29, 1.82) is 0 Å². The molecule has 0 saturated carbocycles. The largest absolute Gasteiger partial charge is 0.481 e. The van der Waals surface area contributed by atoms with Gasteiger partial charge < -0.3 is 10.8 Å². The molecule has 5 heteroatoms. The molecule has 0 aliphatic carbocycles. The van der Waals surface area contributed by atoms with Gasteiger partial charge in [-0.3, -0.25) is 9.59 Å². The van der Waals surface area contributed by atoms with E-state index in [1.165, 1.54) is 0 Å². The molecule has 3 N–H and O–H groups in total. The molecule has 1 rings (SSSR count). The first-order valence-corrected chi connectivity index (χ1v) is 6.34. The molecule has 1 aromatic rings. The maximum Gasteiger partial charge on any atom is 0.310 e. The lowest BCUT2D eigenvalue weighted by Crippen LogP contribution is -2.37. The normalized spacial score (nSPS) is 15.7. The van der Waals surface area contributed by atoms with Crippen LogP contribution in [0.25, 0.3) is 0 Å². The van der Waals surface area contributed by atoms with E-state index in [9.17, 15) is 14.7 Å². The van der Waals surface area contributed by atoms with Crippen LogP contribution in [-0.4, -0.2) is 17.0 Å².